The molecule has 0 unspecified atom stereocenters. The highest BCUT2D eigenvalue weighted by Crippen LogP contribution is 2.34. The minimum absolute atomic E-state index is 0.578. The molecule has 0 bridgehead atoms. The number of likely N-dealkylation sites (tertiary alicyclic amines) is 1. The van der Waals surface area contributed by atoms with Crippen LogP contribution in [0.15, 0.2) is 54.9 Å². The van der Waals surface area contributed by atoms with Crippen molar-refractivity contribution in [3.8, 4) is 0 Å². The van der Waals surface area contributed by atoms with Crippen LogP contribution in [0.1, 0.15) is 24.0 Å². The van der Waals surface area contributed by atoms with Crippen LogP contribution in [0, 0.1) is 6.92 Å². The van der Waals surface area contributed by atoms with Gasteiger partial charge < -0.3 is 9.67 Å². The number of rotatable bonds is 4. The van der Waals surface area contributed by atoms with E-state index in [-0.39, 0.29) is 0 Å². The number of piperidine rings is 1. The number of carboxylic acid groups (broad SMARTS) is 1. The zero-order valence-electron chi connectivity index (χ0n) is 14.9. The molecule has 0 aliphatic carbocycles. The van der Waals surface area contributed by atoms with Gasteiger partial charge in [-0.2, -0.15) is 0 Å². The van der Waals surface area contributed by atoms with Crippen LogP contribution >= 0.6 is 0 Å². The molecule has 2 aromatic carbocycles. The third kappa shape index (κ3) is 2.78. The number of fused-ring (bicyclic) bond motifs is 1. The molecule has 3 aromatic rings. The summed E-state index contributed by atoms with van der Waals surface area (Å²) >= 11 is 0. The second-order valence-corrected chi connectivity index (χ2v) is 7.14. The maximum Gasteiger partial charge on any atom is 0.330 e. The number of aliphatic carboxylic acids is 1. The zero-order valence-corrected chi connectivity index (χ0v) is 14.9. The van der Waals surface area contributed by atoms with Crippen molar-refractivity contribution in [2.75, 3.05) is 13.1 Å². The van der Waals surface area contributed by atoms with Gasteiger partial charge in [0.25, 0.3) is 0 Å². The van der Waals surface area contributed by atoms with Gasteiger partial charge in [0.05, 0.1) is 17.4 Å². The SMILES string of the molecule is Cc1ccccc1CN1CCC(C(=O)O)(n2cnc3ccccc32)CC1. The predicted octanol–water partition coefficient (Wildman–Crippen LogP) is 3.42. The van der Waals surface area contributed by atoms with Gasteiger partial charge in [-0.05, 0) is 43.0 Å². The molecule has 1 aliphatic heterocycles. The van der Waals surface area contributed by atoms with E-state index in [9.17, 15) is 9.90 Å². The molecule has 5 heteroatoms. The highest BCUT2D eigenvalue weighted by molar-refractivity contribution is 5.82. The average molecular weight is 349 g/mol. The van der Waals surface area contributed by atoms with Crippen molar-refractivity contribution in [2.24, 2.45) is 0 Å². The molecule has 4 rings (SSSR count). The highest BCUT2D eigenvalue weighted by atomic mass is 16.4. The number of aromatic nitrogens is 2. The number of para-hydroxylation sites is 2. The van der Waals surface area contributed by atoms with Crippen LogP contribution in [0.5, 0.6) is 0 Å². The normalized spacial score (nSPS) is 17.4. The van der Waals surface area contributed by atoms with Crippen molar-refractivity contribution in [1.29, 1.82) is 0 Å². The van der Waals surface area contributed by atoms with Gasteiger partial charge in [-0.25, -0.2) is 9.78 Å². The van der Waals surface area contributed by atoms with Gasteiger partial charge >= 0.3 is 5.97 Å². The van der Waals surface area contributed by atoms with Gasteiger partial charge in [0, 0.05) is 19.6 Å². The predicted molar refractivity (Wildman–Crippen MR) is 101 cm³/mol. The lowest BCUT2D eigenvalue weighted by Gasteiger charge is -2.40. The Bertz CT molecular complexity index is 939. The van der Waals surface area contributed by atoms with Gasteiger partial charge in [-0.1, -0.05) is 36.4 Å². The summed E-state index contributed by atoms with van der Waals surface area (Å²) in [5, 5.41) is 10.1. The Morgan fingerprint density at radius 2 is 1.81 bits per heavy atom. The summed E-state index contributed by atoms with van der Waals surface area (Å²) in [7, 11) is 0. The van der Waals surface area contributed by atoms with Crippen LogP contribution in [0.2, 0.25) is 0 Å². The largest absolute Gasteiger partial charge is 0.479 e. The molecule has 1 aliphatic rings. The number of benzene rings is 2. The minimum atomic E-state index is -0.918. The first-order valence-electron chi connectivity index (χ1n) is 9.03. The van der Waals surface area contributed by atoms with Crippen LogP contribution in [0.4, 0.5) is 0 Å². The first-order valence-corrected chi connectivity index (χ1v) is 9.03. The monoisotopic (exact) mass is 349 g/mol. The second kappa shape index (κ2) is 6.57. The summed E-state index contributed by atoms with van der Waals surface area (Å²) in [6.07, 6.45) is 2.85. The molecule has 0 saturated carbocycles. The van der Waals surface area contributed by atoms with Crippen LogP contribution in [-0.2, 0) is 16.9 Å². The van der Waals surface area contributed by atoms with Gasteiger partial charge in [-0.15, -0.1) is 0 Å². The number of carboxylic acids is 1. The van der Waals surface area contributed by atoms with E-state index in [4.69, 9.17) is 0 Å². The molecule has 1 aromatic heterocycles. The van der Waals surface area contributed by atoms with Crippen molar-refractivity contribution in [2.45, 2.75) is 31.8 Å². The van der Waals surface area contributed by atoms with Crippen molar-refractivity contribution in [3.63, 3.8) is 0 Å². The van der Waals surface area contributed by atoms with E-state index in [1.165, 1.54) is 11.1 Å². The van der Waals surface area contributed by atoms with E-state index in [0.29, 0.717) is 12.8 Å². The second-order valence-electron chi connectivity index (χ2n) is 7.14. The molecule has 0 spiro atoms. The number of imidazole rings is 1. The molecule has 1 fully saturated rings. The van der Waals surface area contributed by atoms with E-state index >= 15 is 0 Å². The Labute approximate surface area is 152 Å². The number of nitrogens with zero attached hydrogens (tertiary/aromatic N) is 3. The Balaban J connectivity index is 1.58. The van der Waals surface area contributed by atoms with E-state index < -0.39 is 11.5 Å². The lowest BCUT2D eigenvalue weighted by Crippen LogP contribution is -2.50. The molecule has 0 radical (unpaired) electrons. The molecular weight excluding hydrogens is 326 g/mol. The molecular formula is C21H23N3O2. The first kappa shape index (κ1) is 16.8. The molecule has 0 amide bonds. The standard InChI is InChI=1S/C21H23N3O2/c1-16-6-2-3-7-17(16)14-23-12-10-21(11-13-23,20(25)26)24-15-22-18-8-4-5-9-19(18)24/h2-9,15H,10-14H2,1H3,(H,25,26). The van der Waals surface area contributed by atoms with E-state index in [0.717, 1.165) is 30.7 Å². The minimum Gasteiger partial charge on any atom is -0.479 e. The van der Waals surface area contributed by atoms with Crippen molar-refractivity contribution in [1.82, 2.24) is 14.5 Å². The molecule has 5 nitrogen and oxygen atoms in total. The maximum atomic E-state index is 12.3. The lowest BCUT2D eigenvalue weighted by molar-refractivity contribution is -0.150. The van der Waals surface area contributed by atoms with Crippen LogP contribution in [0.3, 0.4) is 0 Å². The van der Waals surface area contributed by atoms with Gasteiger partial charge in [-0.3, -0.25) is 4.90 Å². The summed E-state index contributed by atoms with van der Waals surface area (Å²) in [6.45, 7) is 4.51. The van der Waals surface area contributed by atoms with Crippen molar-refractivity contribution >= 4 is 17.0 Å². The molecule has 1 saturated heterocycles. The zero-order chi connectivity index (χ0) is 18.1. The Kier molecular flexibility index (Phi) is 4.24. The first-order chi connectivity index (χ1) is 12.6. The number of hydrogen-bond donors (Lipinski definition) is 1. The lowest BCUT2D eigenvalue weighted by atomic mass is 9.86. The summed E-state index contributed by atoms with van der Waals surface area (Å²) in [6, 6.07) is 16.1. The summed E-state index contributed by atoms with van der Waals surface area (Å²) in [4.78, 5) is 19.0. The third-order valence-corrected chi connectivity index (χ3v) is 5.65. The van der Waals surface area contributed by atoms with E-state index in [1.54, 1.807) is 6.33 Å². The van der Waals surface area contributed by atoms with Crippen LogP contribution < -0.4 is 0 Å². The number of aryl methyl sites for hydroxylation is 1. The van der Waals surface area contributed by atoms with Gasteiger partial charge in [0.15, 0.2) is 0 Å². The van der Waals surface area contributed by atoms with E-state index in [1.807, 2.05) is 28.8 Å². The fourth-order valence-electron chi connectivity index (χ4n) is 3.97. The smallest absolute Gasteiger partial charge is 0.330 e. The maximum absolute atomic E-state index is 12.3. The van der Waals surface area contributed by atoms with Crippen LogP contribution in [-0.4, -0.2) is 38.6 Å². The fraction of sp³-hybridized carbons (Fsp3) is 0.333. The van der Waals surface area contributed by atoms with Crippen molar-refractivity contribution < 1.29 is 9.90 Å². The molecule has 26 heavy (non-hydrogen) atoms. The fourth-order valence-corrected chi connectivity index (χ4v) is 3.97. The molecule has 134 valence electrons. The van der Waals surface area contributed by atoms with Crippen molar-refractivity contribution in [3.05, 3.63) is 66.0 Å². The molecule has 1 N–H and O–H groups in total. The number of carbonyl (C=O) groups is 1. The Morgan fingerprint density at radius 3 is 2.54 bits per heavy atom. The quantitative estimate of drug-likeness (QED) is 0.784. The molecule has 0 atom stereocenters. The Hall–Kier alpha value is -2.66. The highest BCUT2D eigenvalue weighted by Gasteiger charge is 2.44. The third-order valence-electron chi connectivity index (χ3n) is 5.65. The van der Waals surface area contributed by atoms with E-state index in [2.05, 4.69) is 41.1 Å². The average Bonchev–Trinajstić information content (AvgIpc) is 3.09. The summed E-state index contributed by atoms with van der Waals surface area (Å²) in [5.41, 5.74) is 3.41. The Morgan fingerprint density at radius 1 is 1.12 bits per heavy atom. The van der Waals surface area contributed by atoms with Gasteiger partial charge in [0.1, 0.15) is 5.54 Å². The molecule has 2 heterocycles. The van der Waals surface area contributed by atoms with Crippen LogP contribution in [0.25, 0.3) is 11.0 Å². The summed E-state index contributed by atoms with van der Waals surface area (Å²) in [5.74, 6) is -0.767. The summed E-state index contributed by atoms with van der Waals surface area (Å²) < 4.78 is 1.87. The topological polar surface area (TPSA) is 58.4 Å². The number of hydrogen-bond acceptors (Lipinski definition) is 3. The van der Waals surface area contributed by atoms with Gasteiger partial charge in [0.2, 0.25) is 0 Å².